The van der Waals surface area contributed by atoms with E-state index >= 15 is 0 Å². The number of sulfonamides is 1. The maximum absolute atomic E-state index is 13.3. The van der Waals surface area contributed by atoms with E-state index in [1.165, 1.54) is 16.4 Å². The van der Waals surface area contributed by atoms with Crippen molar-refractivity contribution >= 4 is 27.5 Å². The van der Waals surface area contributed by atoms with E-state index in [1.807, 2.05) is 61.5 Å². The van der Waals surface area contributed by atoms with Crippen LogP contribution >= 0.6 is 11.6 Å². The Hall–Kier alpha value is -2.67. The molecule has 0 saturated carbocycles. The monoisotopic (exact) mass is 496 g/mol. The topological polar surface area (TPSA) is 66.5 Å². The summed E-state index contributed by atoms with van der Waals surface area (Å²) in [6, 6.07) is 21.8. The lowest BCUT2D eigenvalue weighted by atomic mass is 9.97. The van der Waals surface area contributed by atoms with Gasteiger partial charge in [-0.25, -0.2) is 8.42 Å². The van der Waals surface area contributed by atoms with Crippen LogP contribution in [-0.2, 0) is 10.0 Å². The molecule has 0 unspecified atom stereocenters. The molecule has 0 radical (unpaired) electrons. The minimum absolute atomic E-state index is 0.0182. The second-order valence-electron chi connectivity index (χ2n) is 8.69. The maximum atomic E-state index is 13.3. The molecule has 1 aliphatic heterocycles. The average Bonchev–Trinajstić information content (AvgIpc) is 3.14. The van der Waals surface area contributed by atoms with Gasteiger partial charge in [-0.1, -0.05) is 84.6 Å². The van der Waals surface area contributed by atoms with Crippen LogP contribution in [0.2, 0.25) is 5.02 Å². The van der Waals surface area contributed by atoms with Gasteiger partial charge in [0.1, 0.15) is 4.90 Å². The summed E-state index contributed by atoms with van der Waals surface area (Å²) in [6.07, 6.45) is 3.68. The van der Waals surface area contributed by atoms with Gasteiger partial charge in [0.15, 0.2) is 0 Å². The molecule has 1 amide bonds. The number of carbonyl (C=O) groups is 1. The van der Waals surface area contributed by atoms with Crippen molar-refractivity contribution in [1.29, 1.82) is 0 Å². The molecule has 1 saturated heterocycles. The number of amides is 1. The van der Waals surface area contributed by atoms with Crippen LogP contribution in [0.3, 0.4) is 0 Å². The smallest absolute Gasteiger partial charge is 0.252 e. The van der Waals surface area contributed by atoms with E-state index in [0.29, 0.717) is 13.1 Å². The molecule has 0 aromatic heterocycles. The number of aryl methyl sites for hydroxylation is 1. The third kappa shape index (κ3) is 5.52. The van der Waals surface area contributed by atoms with Crippen molar-refractivity contribution in [3.05, 3.63) is 100 Å². The third-order valence-electron chi connectivity index (χ3n) is 6.20. The third-order valence-corrected chi connectivity index (χ3v) is 8.58. The predicted molar refractivity (Wildman–Crippen MR) is 136 cm³/mol. The Labute approximate surface area is 206 Å². The van der Waals surface area contributed by atoms with Crippen LogP contribution in [0.15, 0.2) is 77.7 Å². The Morgan fingerprint density at radius 2 is 1.50 bits per heavy atom. The highest BCUT2D eigenvalue weighted by Crippen LogP contribution is 2.29. The first-order chi connectivity index (χ1) is 16.4. The molecular weight excluding hydrogens is 468 g/mol. The highest BCUT2D eigenvalue weighted by molar-refractivity contribution is 7.89. The van der Waals surface area contributed by atoms with Crippen molar-refractivity contribution in [2.75, 3.05) is 13.1 Å². The Balaban J connectivity index is 1.65. The lowest BCUT2D eigenvalue weighted by molar-refractivity contribution is 0.0942. The van der Waals surface area contributed by atoms with Gasteiger partial charge in [0.05, 0.1) is 11.1 Å². The maximum Gasteiger partial charge on any atom is 0.252 e. The number of rotatable bonds is 6. The summed E-state index contributed by atoms with van der Waals surface area (Å²) in [5.74, 6) is -0.363. The molecule has 1 N–H and O–H groups in total. The normalized spacial score (nSPS) is 15.9. The summed E-state index contributed by atoms with van der Waals surface area (Å²) in [5.41, 5.74) is 3.26. The molecule has 0 aliphatic carbocycles. The Kier molecular flexibility index (Phi) is 7.71. The van der Waals surface area contributed by atoms with Crippen molar-refractivity contribution in [2.24, 2.45) is 0 Å². The van der Waals surface area contributed by atoms with Crippen LogP contribution < -0.4 is 5.32 Å². The molecular formula is C27H29ClN2O3S. The molecule has 4 rings (SSSR count). The lowest BCUT2D eigenvalue weighted by Crippen LogP contribution is -2.33. The number of benzene rings is 3. The van der Waals surface area contributed by atoms with Crippen LogP contribution in [0, 0.1) is 6.92 Å². The van der Waals surface area contributed by atoms with E-state index in [9.17, 15) is 13.2 Å². The van der Waals surface area contributed by atoms with Gasteiger partial charge in [-0.3, -0.25) is 4.79 Å². The fourth-order valence-corrected chi connectivity index (χ4v) is 6.26. The van der Waals surface area contributed by atoms with Gasteiger partial charge in [0, 0.05) is 18.7 Å². The molecule has 34 heavy (non-hydrogen) atoms. The highest BCUT2D eigenvalue weighted by Gasteiger charge is 2.28. The van der Waals surface area contributed by atoms with Gasteiger partial charge < -0.3 is 5.32 Å². The minimum Gasteiger partial charge on any atom is -0.341 e. The van der Waals surface area contributed by atoms with Crippen molar-refractivity contribution in [3.8, 4) is 0 Å². The first kappa shape index (κ1) is 24.5. The SMILES string of the molecule is Cc1ccc([C@@H](NC(=O)c2ccc(Cl)c(S(=O)(=O)N3CCCCCC3)c2)c2ccccc2)cc1. The summed E-state index contributed by atoms with van der Waals surface area (Å²) in [5, 5.41) is 3.21. The second kappa shape index (κ2) is 10.7. The molecule has 1 fully saturated rings. The zero-order valence-electron chi connectivity index (χ0n) is 19.2. The predicted octanol–water partition coefficient (Wildman–Crippen LogP) is 5.73. The molecule has 178 valence electrons. The van der Waals surface area contributed by atoms with Gasteiger partial charge in [-0.05, 0) is 49.1 Å². The quantitative estimate of drug-likeness (QED) is 0.473. The Morgan fingerprint density at radius 3 is 2.15 bits per heavy atom. The van der Waals surface area contributed by atoms with Crippen LogP contribution in [0.25, 0.3) is 0 Å². The number of hydrogen-bond donors (Lipinski definition) is 1. The fourth-order valence-electron chi connectivity index (χ4n) is 4.24. The number of hydrogen-bond acceptors (Lipinski definition) is 3. The molecule has 1 heterocycles. The standard InChI is InChI=1S/C27H29ClN2O3S/c1-20-11-13-22(14-12-20)26(21-9-5-4-6-10-21)29-27(31)23-15-16-24(28)25(19-23)34(32,33)30-17-7-2-3-8-18-30/h4-6,9-16,19,26H,2-3,7-8,17-18H2,1H3,(H,29,31)/t26-/m0/s1. The lowest BCUT2D eigenvalue weighted by Gasteiger charge is -2.22. The van der Waals surface area contributed by atoms with Gasteiger partial charge in [-0.2, -0.15) is 4.31 Å². The van der Waals surface area contributed by atoms with Crippen molar-refractivity contribution < 1.29 is 13.2 Å². The summed E-state index contributed by atoms with van der Waals surface area (Å²) >= 11 is 6.32. The van der Waals surface area contributed by atoms with E-state index in [-0.39, 0.29) is 27.4 Å². The van der Waals surface area contributed by atoms with E-state index in [4.69, 9.17) is 11.6 Å². The van der Waals surface area contributed by atoms with Crippen molar-refractivity contribution in [1.82, 2.24) is 9.62 Å². The fraction of sp³-hybridized carbons (Fsp3) is 0.296. The van der Waals surface area contributed by atoms with Crippen LogP contribution in [0.4, 0.5) is 0 Å². The molecule has 3 aromatic carbocycles. The van der Waals surface area contributed by atoms with E-state index in [0.717, 1.165) is 42.4 Å². The number of nitrogens with zero attached hydrogens (tertiary/aromatic N) is 1. The van der Waals surface area contributed by atoms with Crippen molar-refractivity contribution in [2.45, 2.75) is 43.5 Å². The molecule has 5 nitrogen and oxygen atoms in total. The van der Waals surface area contributed by atoms with Gasteiger partial charge in [-0.15, -0.1) is 0 Å². The zero-order valence-corrected chi connectivity index (χ0v) is 20.8. The van der Waals surface area contributed by atoms with Gasteiger partial charge >= 0.3 is 0 Å². The van der Waals surface area contributed by atoms with Crippen molar-refractivity contribution in [3.63, 3.8) is 0 Å². The van der Waals surface area contributed by atoms with E-state index in [1.54, 1.807) is 6.07 Å². The van der Waals surface area contributed by atoms with E-state index in [2.05, 4.69) is 5.32 Å². The van der Waals surface area contributed by atoms with Crippen LogP contribution in [0.5, 0.6) is 0 Å². The van der Waals surface area contributed by atoms with Gasteiger partial charge in [0.2, 0.25) is 10.0 Å². The first-order valence-corrected chi connectivity index (χ1v) is 13.4. The summed E-state index contributed by atoms with van der Waals surface area (Å²) < 4.78 is 28.2. The largest absolute Gasteiger partial charge is 0.341 e. The van der Waals surface area contributed by atoms with Crippen LogP contribution in [0.1, 0.15) is 58.8 Å². The summed E-state index contributed by atoms with van der Waals surface area (Å²) in [6.45, 7) is 2.96. The number of carbonyl (C=O) groups excluding carboxylic acids is 1. The molecule has 1 atom stereocenters. The van der Waals surface area contributed by atoms with E-state index < -0.39 is 10.0 Å². The highest BCUT2D eigenvalue weighted by atomic mass is 35.5. The number of halogens is 1. The Bertz CT molecular complexity index is 1240. The van der Waals surface area contributed by atoms with Gasteiger partial charge in [0.25, 0.3) is 5.91 Å². The summed E-state index contributed by atoms with van der Waals surface area (Å²) in [4.78, 5) is 13.3. The minimum atomic E-state index is -3.79. The first-order valence-electron chi connectivity index (χ1n) is 11.6. The average molecular weight is 497 g/mol. The zero-order chi connectivity index (χ0) is 24.1. The molecule has 0 bridgehead atoms. The molecule has 1 aliphatic rings. The summed E-state index contributed by atoms with van der Waals surface area (Å²) in [7, 11) is -3.79. The molecule has 0 spiro atoms. The number of nitrogens with one attached hydrogen (secondary N) is 1. The second-order valence-corrected chi connectivity index (χ2v) is 11.0. The molecule has 7 heteroatoms. The van der Waals surface area contributed by atoms with Crippen LogP contribution in [-0.4, -0.2) is 31.7 Å². The molecule has 3 aromatic rings. The Morgan fingerprint density at radius 1 is 0.882 bits per heavy atom.